The Hall–Kier alpha value is -3.13. The average Bonchev–Trinajstić information content (AvgIpc) is 3.07. The second kappa shape index (κ2) is 9.79. The van der Waals surface area contributed by atoms with Crippen LogP contribution in [0.25, 0.3) is 0 Å². The van der Waals surface area contributed by atoms with E-state index in [0.717, 1.165) is 37.1 Å². The molecule has 8 heteroatoms. The minimum absolute atomic E-state index is 0.0602. The molecule has 2 saturated heterocycles. The second-order valence-corrected chi connectivity index (χ2v) is 9.03. The maximum Gasteiger partial charge on any atom is 0.252 e. The van der Waals surface area contributed by atoms with Crippen LogP contribution in [0, 0.1) is 6.92 Å². The van der Waals surface area contributed by atoms with Gasteiger partial charge < -0.3 is 25.4 Å². The highest BCUT2D eigenvalue weighted by atomic mass is 16.5. The summed E-state index contributed by atoms with van der Waals surface area (Å²) in [6.45, 7) is 3.74. The number of carbonyl (C=O) groups excluding carboxylic acids is 2. The zero-order valence-corrected chi connectivity index (χ0v) is 19.4. The molecule has 2 fully saturated rings. The van der Waals surface area contributed by atoms with Crippen molar-refractivity contribution < 1.29 is 19.4 Å². The molecule has 0 radical (unpaired) electrons. The predicted molar refractivity (Wildman–Crippen MR) is 126 cm³/mol. The molecule has 1 aromatic carbocycles. The van der Waals surface area contributed by atoms with Crippen LogP contribution in [0.3, 0.4) is 0 Å². The molecule has 0 saturated carbocycles. The van der Waals surface area contributed by atoms with Crippen LogP contribution in [0.5, 0.6) is 5.75 Å². The van der Waals surface area contributed by atoms with Gasteiger partial charge in [0.25, 0.3) is 11.8 Å². The lowest BCUT2D eigenvalue weighted by molar-refractivity contribution is 0.0918. The summed E-state index contributed by atoms with van der Waals surface area (Å²) in [7, 11) is 1.61. The van der Waals surface area contributed by atoms with E-state index in [9.17, 15) is 14.7 Å². The first-order valence-electron chi connectivity index (χ1n) is 11.5. The maximum absolute atomic E-state index is 12.9. The molecule has 33 heavy (non-hydrogen) atoms. The van der Waals surface area contributed by atoms with Crippen molar-refractivity contribution >= 4 is 17.6 Å². The van der Waals surface area contributed by atoms with Crippen LogP contribution in [0.4, 0.5) is 5.82 Å². The predicted octanol–water partition coefficient (Wildman–Crippen LogP) is 2.44. The summed E-state index contributed by atoms with van der Waals surface area (Å²) in [6, 6.07) is 9.93. The van der Waals surface area contributed by atoms with Crippen LogP contribution in [-0.2, 0) is 0 Å². The van der Waals surface area contributed by atoms with E-state index in [1.54, 1.807) is 26.3 Å². The highest BCUT2D eigenvalue weighted by Gasteiger charge is 2.41. The number of methoxy groups -OCH3 is 1. The monoisotopic (exact) mass is 452 g/mol. The van der Waals surface area contributed by atoms with E-state index in [-0.39, 0.29) is 24.4 Å². The summed E-state index contributed by atoms with van der Waals surface area (Å²) in [6.07, 6.45) is 4.85. The number of nitrogens with zero attached hydrogens (tertiary/aromatic N) is 2. The quantitative estimate of drug-likeness (QED) is 0.596. The number of carbonyl (C=O) groups is 2. The third kappa shape index (κ3) is 4.95. The maximum atomic E-state index is 12.9. The van der Waals surface area contributed by atoms with Crippen molar-refractivity contribution in [2.75, 3.05) is 18.6 Å². The smallest absolute Gasteiger partial charge is 0.252 e. The Morgan fingerprint density at radius 1 is 1.18 bits per heavy atom. The van der Waals surface area contributed by atoms with Crippen molar-refractivity contribution in [1.29, 1.82) is 0 Å². The van der Waals surface area contributed by atoms with Crippen molar-refractivity contribution in [2.45, 2.75) is 63.8 Å². The van der Waals surface area contributed by atoms with Crippen LogP contribution in [0.1, 0.15) is 58.9 Å². The fourth-order valence-electron chi connectivity index (χ4n) is 5.03. The summed E-state index contributed by atoms with van der Waals surface area (Å²) in [4.78, 5) is 32.0. The molecule has 2 unspecified atom stereocenters. The fraction of sp³-hybridized carbons (Fsp3) is 0.480. The van der Waals surface area contributed by atoms with Crippen LogP contribution in [0.2, 0.25) is 0 Å². The minimum Gasteiger partial charge on any atom is -0.496 e. The molecule has 2 bridgehead atoms. The molecule has 4 rings (SSSR count). The Kier molecular flexibility index (Phi) is 6.83. The van der Waals surface area contributed by atoms with E-state index in [2.05, 4.69) is 20.5 Å². The van der Waals surface area contributed by atoms with Gasteiger partial charge in [-0.2, -0.15) is 0 Å². The molecule has 2 aliphatic rings. The Morgan fingerprint density at radius 2 is 1.91 bits per heavy atom. The SMILES string of the molecule is COc1cccc(C(=O)NC2CC3CCC(C2)N3c2ccc(C(=O)NC[C@H](C)O)cn2)c1C. The molecule has 8 nitrogen and oxygen atoms in total. The number of amides is 2. The van der Waals surface area contributed by atoms with Gasteiger partial charge in [-0.05, 0) is 63.8 Å². The second-order valence-electron chi connectivity index (χ2n) is 9.03. The van der Waals surface area contributed by atoms with Gasteiger partial charge in [-0.1, -0.05) is 6.07 Å². The van der Waals surface area contributed by atoms with Gasteiger partial charge in [0.2, 0.25) is 0 Å². The highest BCUT2D eigenvalue weighted by molar-refractivity contribution is 5.96. The Balaban J connectivity index is 1.39. The van der Waals surface area contributed by atoms with Gasteiger partial charge in [-0.3, -0.25) is 9.59 Å². The molecule has 176 valence electrons. The lowest BCUT2D eigenvalue weighted by Gasteiger charge is -2.40. The van der Waals surface area contributed by atoms with Gasteiger partial charge >= 0.3 is 0 Å². The Bertz CT molecular complexity index is 994. The molecule has 2 amide bonds. The number of benzene rings is 1. The summed E-state index contributed by atoms with van der Waals surface area (Å²) in [5.74, 6) is 1.27. The lowest BCUT2D eigenvalue weighted by Crippen LogP contribution is -2.50. The number of ether oxygens (including phenoxy) is 1. The van der Waals surface area contributed by atoms with E-state index in [4.69, 9.17) is 4.74 Å². The van der Waals surface area contributed by atoms with E-state index in [1.807, 2.05) is 31.2 Å². The van der Waals surface area contributed by atoms with Crippen LogP contribution < -0.4 is 20.3 Å². The third-order valence-corrected chi connectivity index (χ3v) is 6.65. The number of rotatable bonds is 7. The van der Waals surface area contributed by atoms with E-state index in [0.29, 0.717) is 29.0 Å². The standard InChI is InChI=1S/C25H32N4O4/c1-15(30)13-27-24(31)17-7-10-23(26-14-17)29-19-8-9-20(29)12-18(11-19)28-25(32)21-5-4-6-22(33-3)16(21)2/h4-7,10,14-15,18-20,30H,8-9,11-13H2,1-3H3,(H,27,31)(H,28,32)/t15-,18?,19?,20?/m0/s1. The minimum atomic E-state index is -0.591. The van der Waals surface area contributed by atoms with Gasteiger partial charge in [0.15, 0.2) is 0 Å². The van der Waals surface area contributed by atoms with Gasteiger partial charge in [0, 0.05) is 42.0 Å². The van der Waals surface area contributed by atoms with Crippen LogP contribution >= 0.6 is 0 Å². The summed E-state index contributed by atoms with van der Waals surface area (Å²) < 4.78 is 5.35. The molecule has 1 aromatic heterocycles. The fourth-order valence-corrected chi connectivity index (χ4v) is 5.03. The number of nitrogens with one attached hydrogen (secondary N) is 2. The summed E-state index contributed by atoms with van der Waals surface area (Å²) in [5.41, 5.74) is 1.97. The van der Waals surface area contributed by atoms with E-state index < -0.39 is 6.10 Å². The van der Waals surface area contributed by atoms with Crippen molar-refractivity contribution in [2.24, 2.45) is 0 Å². The molecule has 2 aliphatic heterocycles. The number of fused-ring (bicyclic) bond motifs is 2. The number of aromatic nitrogens is 1. The Labute approximate surface area is 194 Å². The lowest BCUT2D eigenvalue weighted by atomic mass is 9.96. The number of hydrogen-bond acceptors (Lipinski definition) is 6. The molecule has 3 atom stereocenters. The number of anilines is 1. The van der Waals surface area contributed by atoms with Crippen LogP contribution in [-0.4, -0.2) is 59.8 Å². The first-order valence-corrected chi connectivity index (χ1v) is 11.5. The molecule has 3 N–H and O–H groups in total. The number of aliphatic hydroxyl groups excluding tert-OH is 1. The zero-order valence-electron chi connectivity index (χ0n) is 19.4. The molecule has 3 heterocycles. The van der Waals surface area contributed by atoms with E-state index in [1.165, 1.54) is 0 Å². The van der Waals surface area contributed by atoms with Crippen molar-refractivity contribution in [3.8, 4) is 5.75 Å². The van der Waals surface area contributed by atoms with Crippen molar-refractivity contribution in [1.82, 2.24) is 15.6 Å². The Morgan fingerprint density at radius 3 is 2.52 bits per heavy atom. The van der Waals surface area contributed by atoms with Gasteiger partial charge in [0.05, 0.1) is 18.8 Å². The summed E-state index contributed by atoms with van der Waals surface area (Å²) in [5, 5.41) is 15.3. The molecule has 2 aromatic rings. The van der Waals surface area contributed by atoms with E-state index >= 15 is 0 Å². The number of pyridine rings is 1. The number of hydrogen-bond donors (Lipinski definition) is 3. The molecule has 0 spiro atoms. The molecule has 0 aliphatic carbocycles. The first kappa shape index (κ1) is 23.0. The van der Waals surface area contributed by atoms with Crippen molar-refractivity contribution in [3.63, 3.8) is 0 Å². The van der Waals surface area contributed by atoms with Gasteiger partial charge in [-0.15, -0.1) is 0 Å². The van der Waals surface area contributed by atoms with Gasteiger partial charge in [0.1, 0.15) is 11.6 Å². The molecular weight excluding hydrogens is 420 g/mol. The average molecular weight is 453 g/mol. The zero-order chi connectivity index (χ0) is 23.5. The van der Waals surface area contributed by atoms with Gasteiger partial charge in [-0.25, -0.2) is 4.98 Å². The topological polar surface area (TPSA) is 104 Å². The number of piperidine rings is 1. The van der Waals surface area contributed by atoms with Crippen molar-refractivity contribution in [3.05, 3.63) is 53.2 Å². The highest BCUT2D eigenvalue weighted by Crippen LogP contribution is 2.38. The largest absolute Gasteiger partial charge is 0.496 e. The normalized spacial score (nSPS) is 22.5. The first-order chi connectivity index (χ1) is 15.9. The number of aliphatic hydroxyl groups is 1. The molecular formula is C25H32N4O4. The van der Waals surface area contributed by atoms with Crippen LogP contribution in [0.15, 0.2) is 36.5 Å². The summed E-state index contributed by atoms with van der Waals surface area (Å²) >= 11 is 0. The third-order valence-electron chi connectivity index (χ3n) is 6.65.